The van der Waals surface area contributed by atoms with Gasteiger partial charge in [0.05, 0.1) is 6.61 Å². The number of hydrogen-bond donors (Lipinski definition) is 0. The van der Waals surface area contributed by atoms with Crippen LogP contribution in [0.5, 0.6) is 5.75 Å². The molecule has 0 saturated heterocycles. The summed E-state index contributed by atoms with van der Waals surface area (Å²) in [7, 11) is 0. The number of rotatable bonds is 5. The second-order valence-corrected chi connectivity index (χ2v) is 4.77. The molecule has 0 fully saturated rings. The molecular formula is C17H17FO2. The number of carbonyl (C=O) groups is 1. The highest BCUT2D eigenvalue weighted by Gasteiger charge is 2.06. The molecule has 20 heavy (non-hydrogen) atoms. The molecule has 0 aromatic heterocycles. The Morgan fingerprint density at radius 2 is 1.75 bits per heavy atom. The normalized spacial score (nSPS) is 10.3. The Hall–Kier alpha value is -2.16. The number of Topliss-reactive ketones (excluding diaryl/α,β-unsaturated/α-hetero) is 1. The van der Waals surface area contributed by atoms with Gasteiger partial charge >= 0.3 is 0 Å². The minimum absolute atomic E-state index is 0.0474. The lowest BCUT2D eigenvalue weighted by molar-refractivity contribution is 0.0962. The van der Waals surface area contributed by atoms with Crippen LogP contribution in [0, 0.1) is 19.7 Å². The summed E-state index contributed by atoms with van der Waals surface area (Å²) in [6, 6.07) is 11.4. The minimum Gasteiger partial charge on any atom is -0.493 e. The molecular weight excluding hydrogens is 255 g/mol. The molecule has 0 amide bonds. The van der Waals surface area contributed by atoms with Crippen molar-refractivity contribution in [1.29, 1.82) is 0 Å². The third-order valence-corrected chi connectivity index (χ3v) is 3.24. The summed E-state index contributed by atoms with van der Waals surface area (Å²) in [4.78, 5) is 11.9. The average molecular weight is 272 g/mol. The molecule has 3 heteroatoms. The van der Waals surface area contributed by atoms with E-state index < -0.39 is 0 Å². The highest BCUT2D eigenvalue weighted by atomic mass is 19.1. The maximum Gasteiger partial charge on any atom is 0.166 e. The van der Waals surface area contributed by atoms with Crippen LogP contribution in [-0.4, -0.2) is 12.4 Å². The summed E-state index contributed by atoms with van der Waals surface area (Å²) in [6.45, 7) is 4.38. The number of ether oxygens (including phenoxy) is 1. The van der Waals surface area contributed by atoms with Gasteiger partial charge < -0.3 is 4.74 Å². The fourth-order valence-corrected chi connectivity index (χ4v) is 1.85. The predicted octanol–water partition coefficient (Wildman–Crippen LogP) is 4.09. The maximum atomic E-state index is 12.8. The van der Waals surface area contributed by atoms with Gasteiger partial charge in [0, 0.05) is 12.0 Å². The average Bonchev–Trinajstić information content (AvgIpc) is 2.43. The Balaban J connectivity index is 1.87. The number of carbonyl (C=O) groups excluding carboxylic acids is 1. The van der Waals surface area contributed by atoms with Crippen LogP contribution < -0.4 is 4.74 Å². The minimum atomic E-state index is -0.340. The van der Waals surface area contributed by atoms with E-state index in [2.05, 4.69) is 0 Å². The van der Waals surface area contributed by atoms with E-state index >= 15 is 0 Å². The standard InChI is InChI=1S/C17H17FO2/c1-12-3-8-16(11-13(12)2)20-10-9-17(19)14-4-6-15(18)7-5-14/h3-8,11H,9-10H2,1-2H3. The van der Waals surface area contributed by atoms with Crippen LogP contribution in [0.15, 0.2) is 42.5 Å². The van der Waals surface area contributed by atoms with Gasteiger partial charge in [-0.1, -0.05) is 6.07 Å². The number of hydrogen-bond acceptors (Lipinski definition) is 2. The summed E-state index contributed by atoms with van der Waals surface area (Å²) in [5.41, 5.74) is 2.88. The quantitative estimate of drug-likeness (QED) is 0.766. The van der Waals surface area contributed by atoms with Gasteiger partial charge in [-0.15, -0.1) is 0 Å². The number of aryl methyl sites for hydroxylation is 2. The van der Waals surface area contributed by atoms with Crippen molar-refractivity contribution < 1.29 is 13.9 Å². The van der Waals surface area contributed by atoms with Gasteiger partial charge in [0.25, 0.3) is 0 Å². The number of benzene rings is 2. The Labute approximate surface area is 118 Å². The van der Waals surface area contributed by atoms with Crippen molar-refractivity contribution in [2.75, 3.05) is 6.61 Å². The topological polar surface area (TPSA) is 26.3 Å². The largest absolute Gasteiger partial charge is 0.493 e. The van der Waals surface area contributed by atoms with Crippen LogP contribution in [0.3, 0.4) is 0 Å². The lowest BCUT2D eigenvalue weighted by Crippen LogP contribution is -2.07. The monoisotopic (exact) mass is 272 g/mol. The second kappa shape index (κ2) is 6.33. The van der Waals surface area contributed by atoms with Gasteiger partial charge in [-0.25, -0.2) is 4.39 Å². The Kier molecular flexibility index (Phi) is 4.51. The fourth-order valence-electron chi connectivity index (χ4n) is 1.85. The molecule has 2 aromatic rings. The second-order valence-electron chi connectivity index (χ2n) is 4.77. The highest BCUT2D eigenvalue weighted by Crippen LogP contribution is 2.16. The first-order chi connectivity index (χ1) is 9.56. The first-order valence-corrected chi connectivity index (χ1v) is 6.55. The molecule has 0 atom stereocenters. The van der Waals surface area contributed by atoms with Crippen molar-refractivity contribution in [3.05, 3.63) is 65.0 Å². The number of ketones is 1. The molecule has 2 nitrogen and oxygen atoms in total. The summed E-state index contributed by atoms with van der Waals surface area (Å²) in [6.07, 6.45) is 0.276. The van der Waals surface area contributed by atoms with E-state index in [1.54, 1.807) is 0 Å². The molecule has 0 aliphatic rings. The van der Waals surface area contributed by atoms with Crippen LogP contribution in [0.2, 0.25) is 0 Å². The third kappa shape index (κ3) is 3.67. The molecule has 0 aliphatic carbocycles. The zero-order valence-corrected chi connectivity index (χ0v) is 11.7. The molecule has 0 radical (unpaired) electrons. The van der Waals surface area contributed by atoms with Gasteiger partial charge in [0.15, 0.2) is 5.78 Å². The summed E-state index contributed by atoms with van der Waals surface area (Å²) < 4.78 is 18.3. The molecule has 104 valence electrons. The van der Waals surface area contributed by atoms with E-state index in [0.29, 0.717) is 12.2 Å². The van der Waals surface area contributed by atoms with Crippen molar-refractivity contribution in [1.82, 2.24) is 0 Å². The molecule has 0 saturated carbocycles. The van der Waals surface area contributed by atoms with Crippen molar-refractivity contribution in [3.63, 3.8) is 0 Å². The first kappa shape index (κ1) is 14.3. The third-order valence-electron chi connectivity index (χ3n) is 3.24. The van der Waals surface area contributed by atoms with Gasteiger partial charge in [0.1, 0.15) is 11.6 Å². The SMILES string of the molecule is Cc1ccc(OCCC(=O)c2ccc(F)cc2)cc1C. The zero-order valence-electron chi connectivity index (χ0n) is 11.7. The molecule has 0 heterocycles. The Morgan fingerprint density at radius 3 is 2.40 bits per heavy atom. The molecule has 2 rings (SSSR count). The Bertz CT molecular complexity index is 603. The maximum absolute atomic E-state index is 12.8. The zero-order chi connectivity index (χ0) is 14.5. The van der Waals surface area contributed by atoms with Crippen molar-refractivity contribution in [2.45, 2.75) is 20.3 Å². The van der Waals surface area contributed by atoms with Crippen LogP contribution in [0.4, 0.5) is 4.39 Å². The highest BCUT2D eigenvalue weighted by molar-refractivity contribution is 5.96. The van der Waals surface area contributed by atoms with Gasteiger partial charge in [-0.2, -0.15) is 0 Å². The van der Waals surface area contributed by atoms with Gasteiger partial charge in [-0.3, -0.25) is 4.79 Å². The molecule has 0 bridgehead atoms. The van der Waals surface area contributed by atoms with Gasteiger partial charge in [-0.05, 0) is 61.4 Å². The molecule has 0 unspecified atom stereocenters. The summed E-state index contributed by atoms with van der Waals surface area (Å²) >= 11 is 0. The first-order valence-electron chi connectivity index (χ1n) is 6.55. The van der Waals surface area contributed by atoms with Crippen LogP contribution in [0.1, 0.15) is 27.9 Å². The van der Waals surface area contributed by atoms with E-state index in [-0.39, 0.29) is 18.0 Å². The van der Waals surface area contributed by atoms with Crippen LogP contribution in [0.25, 0.3) is 0 Å². The predicted molar refractivity (Wildman–Crippen MR) is 76.8 cm³/mol. The van der Waals surface area contributed by atoms with E-state index in [1.165, 1.54) is 29.8 Å². The molecule has 0 N–H and O–H groups in total. The van der Waals surface area contributed by atoms with E-state index in [9.17, 15) is 9.18 Å². The lowest BCUT2D eigenvalue weighted by Gasteiger charge is -2.08. The van der Waals surface area contributed by atoms with E-state index in [1.807, 2.05) is 32.0 Å². The molecule has 2 aromatic carbocycles. The van der Waals surface area contributed by atoms with Crippen LogP contribution in [-0.2, 0) is 0 Å². The lowest BCUT2D eigenvalue weighted by atomic mass is 10.1. The smallest absolute Gasteiger partial charge is 0.166 e. The van der Waals surface area contributed by atoms with E-state index in [0.717, 1.165) is 11.3 Å². The van der Waals surface area contributed by atoms with E-state index in [4.69, 9.17) is 4.74 Å². The van der Waals surface area contributed by atoms with Gasteiger partial charge in [0.2, 0.25) is 0 Å². The van der Waals surface area contributed by atoms with Crippen molar-refractivity contribution in [2.24, 2.45) is 0 Å². The molecule has 0 spiro atoms. The van der Waals surface area contributed by atoms with Crippen molar-refractivity contribution >= 4 is 5.78 Å². The number of halogens is 1. The van der Waals surface area contributed by atoms with Crippen LogP contribution >= 0.6 is 0 Å². The van der Waals surface area contributed by atoms with Crippen molar-refractivity contribution in [3.8, 4) is 5.75 Å². The molecule has 0 aliphatic heterocycles. The fraction of sp³-hybridized carbons (Fsp3) is 0.235. The summed E-state index contributed by atoms with van der Waals surface area (Å²) in [5.74, 6) is 0.377. The summed E-state index contributed by atoms with van der Waals surface area (Å²) in [5, 5.41) is 0. The Morgan fingerprint density at radius 1 is 1.05 bits per heavy atom.